The first-order valence-electron chi connectivity index (χ1n) is 11.2. The number of ether oxygens (including phenoxy) is 4. The van der Waals surface area contributed by atoms with Crippen molar-refractivity contribution in [2.24, 2.45) is 11.8 Å². The molecule has 9 heteroatoms. The molecule has 0 unspecified atom stereocenters. The van der Waals surface area contributed by atoms with Crippen LogP contribution in [0.25, 0.3) is 0 Å². The standard InChI is InChI=1S/C25H26N2O7/c1-5-33-22(28)20-18-13-34-19-12-16(32-4)10-11-17(19)21(18)27-24(30)26(23(29)25(20,27)2)14-6-8-15(31-3)9-7-14/h6-12,18,20-21H,5,13H2,1-4H3/t18-,20+,21-,25+/m1/s1. The van der Waals surface area contributed by atoms with Crippen LogP contribution in [0.2, 0.25) is 0 Å². The van der Waals surface area contributed by atoms with Crippen LogP contribution in [0.4, 0.5) is 10.5 Å². The lowest BCUT2D eigenvalue weighted by molar-refractivity contribution is -0.154. The molecule has 2 fully saturated rings. The Bertz CT molecular complexity index is 1160. The molecule has 9 nitrogen and oxygen atoms in total. The highest BCUT2D eigenvalue weighted by Crippen LogP contribution is 2.58. The van der Waals surface area contributed by atoms with Crippen LogP contribution in [-0.4, -0.2) is 55.8 Å². The van der Waals surface area contributed by atoms with Crippen molar-refractivity contribution >= 4 is 23.6 Å². The monoisotopic (exact) mass is 466 g/mol. The second-order valence-corrected chi connectivity index (χ2v) is 8.69. The minimum Gasteiger partial charge on any atom is -0.497 e. The van der Waals surface area contributed by atoms with Crippen molar-refractivity contribution in [3.8, 4) is 17.2 Å². The van der Waals surface area contributed by atoms with E-state index in [1.54, 1.807) is 69.4 Å². The van der Waals surface area contributed by atoms with E-state index in [4.69, 9.17) is 18.9 Å². The quantitative estimate of drug-likeness (QED) is 0.493. The van der Waals surface area contributed by atoms with Crippen molar-refractivity contribution in [3.05, 3.63) is 48.0 Å². The Labute approximate surface area is 197 Å². The molecular weight excluding hydrogens is 440 g/mol. The Morgan fingerprint density at radius 1 is 1.09 bits per heavy atom. The Hall–Kier alpha value is -3.75. The van der Waals surface area contributed by atoms with E-state index in [-0.39, 0.29) is 13.2 Å². The minimum absolute atomic E-state index is 0.168. The SMILES string of the molecule is CCOC(=O)[C@@H]1[C@H]2COc3cc(OC)ccc3[C@H]2N2C(=O)N(c3ccc(OC)cc3)C(=O)[C@]12C. The zero-order chi connectivity index (χ0) is 24.2. The van der Waals surface area contributed by atoms with Crippen molar-refractivity contribution in [1.29, 1.82) is 0 Å². The van der Waals surface area contributed by atoms with Gasteiger partial charge >= 0.3 is 12.0 Å². The Morgan fingerprint density at radius 3 is 2.41 bits per heavy atom. The third kappa shape index (κ3) is 2.89. The number of hydrogen-bond acceptors (Lipinski definition) is 7. The van der Waals surface area contributed by atoms with Gasteiger partial charge in [-0.05, 0) is 50.2 Å². The number of amides is 3. The average molecular weight is 466 g/mol. The first-order chi connectivity index (χ1) is 16.4. The molecule has 2 saturated heterocycles. The summed E-state index contributed by atoms with van der Waals surface area (Å²) >= 11 is 0. The molecule has 2 aromatic rings. The molecule has 0 aliphatic carbocycles. The molecule has 3 aliphatic heterocycles. The lowest BCUT2D eigenvalue weighted by atomic mass is 9.77. The van der Waals surface area contributed by atoms with Gasteiger partial charge in [0.2, 0.25) is 0 Å². The summed E-state index contributed by atoms with van der Waals surface area (Å²) in [4.78, 5) is 43.7. The van der Waals surface area contributed by atoms with Crippen LogP contribution in [0.5, 0.6) is 17.2 Å². The van der Waals surface area contributed by atoms with Crippen LogP contribution < -0.4 is 19.1 Å². The van der Waals surface area contributed by atoms with Gasteiger partial charge in [0.1, 0.15) is 22.8 Å². The van der Waals surface area contributed by atoms with Gasteiger partial charge in [-0.1, -0.05) is 0 Å². The summed E-state index contributed by atoms with van der Waals surface area (Å²) in [5.74, 6) is -0.514. The van der Waals surface area contributed by atoms with Crippen molar-refractivity contribution in [3.63, 3.8) is 0 Å². The molecule has 3 heterocycles. The number of rotatable bonds is 5. The first-order valence-corrected chi connectivity index (χ1v) is 11.2. The third-order valence-electron chi connectivity index (χ3n) is 7.09. The van der Waals surface area contributed by atoms with E-state index in [1.165, 1.54) is 0 Å². The van der Waals surface area contributed by atoms with Gasteiger partial charge in [-0.2, -0.15) is 0 Å². The first kappa shape index (κ1) is 22.1. The van der Waals surface area contributed by atoms with Crippen molar-refractivity contribution in [2.75, 3.05) is 32.3 Å². The third-order valence-corrected chi connectivity index (χ3v) is 7.09. The van der Waals surface area contributed by atoms with E-state index in [9.17, 15) is 14.4 Å². The smallest absolute Gasteiger partial charge is 0.332 e. The van der Waals surface area contributed by atoms with Gasteiger partial charge in [0, 0.05) is 17.5 Å². The molecule has 178 valence electrons. The summed E-state index contributed by atoms with van der Waals surface area (Å²) in [6.07, 6.45) is 0. The number of urea groups is 1. The number of hydrogen-bond donors (Lipinski definition) is 0. The minimum atomic E-state index is -1.43. The molecule has 0 spiro atoms. The molecule has 2 aromatic carbocycles. The van der Waals surface area contributed by atoms with E-state index in [0.29, 0.717) is 22.9 Å². The van der Waals surface area contributed by atoms with Gasteiger partial charge < -0.3 is 23.8 Å². The van der Waals surface area contributed by atoms with Gasteiger partial charge in [0.25, 0.3) is 5.91 Å². The number of anilines is 1. The largest absolute Gasteiger partial charge is 0.497 e. The van der Waals surface area contributed by atoms with Crippen LogP contribution in [0.15, 0.2) is 42.5 Å². The summed E-state index contributed by atoms with van der Waals surface area (Å²) in [5, 5.41) is 0. The van der Waals surface area contributed by atoms with E-state index in [0.717, 1.165) is 10.5 Å². The molecule has 0 saturated carbocycles. The molecular formula is C25H26N2O7. The number of esters is 1. The molecule has 34 heavy (non-hydrogen) atoms. The summed E-state index contributed by atoms with van der Waals surface area (Å²) < 4.78 is 21.9. The second kappa shape index (κ2) is 7.93. The summed E-state index contributed by atoms with van der Waals surface area (Å²) in [7, 11) is 3.10. The molecule has 4 atom stereocenters. The molecule has 0 N–H and O–H groups in total. The van der Waals surface area contributed by atoms with Crippen molar-refractivity contribution in [1.82, 2.24) is 4.90 Å². The fraction of sp³-hybridized carbons (Fsp3) is 0.400. The lowest BCUT2D eigenvalue weighted by Crippen LogP contribution is -2.51. The highest BCUT2D eigenvalue weighted by Gasteiger charge is 2.72. The normalized spacial score (nSPS) is 27.0. The summed E-state index contributed by atoms with van der Waals surface area (Å²) in [6, 6.07) is 11.0. The fourth-order valence-electron chi connectivity index (χ4n) is 5.55. The highest BCUT2D eigenvalue weighted by molar-refractivity contribution is 6.24. The zero-order valence-corrected chi connectivity index (χ0v) is 19.4. The van der Waals surface area contributed by atoms with Crippen LogP contribution in [0.3, 0.4) is 0 Å². The van der Waals surface area contributed by atoms with Crippen molar-refractivity contribution in [2.45, 2.75) is 25.4 Å². The Morgan fingerprint density at radius 2 is 1.76 bits per heavy atom. The molecule has 0 radical (unpaired) electrons. The number of benzene rings is 2. The molecule has 5 rings (SSSR count). The number of imide groups is 1. The van der Waals surface area contributed by atoms with E-state index in [2.05, 4.69) is 0 Å². The van der Waals surface area contributed by atoms with Gasteiger partial charge in [-0.3, -0.25) is 9.59 Å². The van der Waals surface area contributed by atoms with Crippen LogP contribution in [0, 0.1) is 11.8 Å². The molecule has 3 amide bonds. The summed E-state index contributed by atoms with van der Waals surface area (Å²) in [5.41, 5.74) is -0.288. The molecule has 3 aliphatic rings. The van der Waals surface area contributed by atoms with E-state index >= 15 is 0 Å². The molecule has 0 bridgehead atoms. The van der Waals surface area contributed by atoms with Gasteiger partial charge in [0.05, 0.1) is 45.1 Å². The fourth-order valence-corrected chi connectivity index (χ4v) is 5.55. The maximum atomic E-state index is 13.9. The van der Waals surface area contributed by atoms with Gasteiger partial charge in [-0.25, -0.2) is 9.69 Å². The number of fused-ring (bicyclic) bond motifs is 5. The number of carbonyl (C=O) groups excluding carboxylic acids is 3. The number of carbonyl (C=O) groups is 3. The van der Waals surface area contributed by atoms with E-state index < -0.39 is 41.3 Å². The van der Waals surface area contributed by atoms with Gasteiger partial charge in [-0.15, -0.1) is 0 Å². The van der Waals surface area contributed by atoms with Crippen LogP contribution >= 0.6 is 0 Å². The van der Waals surface area contributed by atoms with Crippen molar-refractivity contribution < 1.29 is 33.3 Å². The lowest BCUT2D eigenvalue weighted by Gasteiger charge is -2.34. The van der Waals surface area contributed by atoms with Crippen LogP contribution in [0.1, 0.15) is 25.5 Å². The Balaban J connectivity index is 1.65. The zero-order valence-electron chi connectivity index (χ0n) is 19.4. The Kier molecular flexibility index (Phi) is 5.15. The highest BCUT2D eigenvalue weighted by atomic mass is 16.5. The van der Waals surface area contributed by atoms with Crippen LogP contribution in [-0.2, 0) is 14.3 Å². The number of nitrogens with zero attached hydrogens (tertiary/aromatic N) is 2. The second-order valence-electron chi connectivity index (χ2n) is 8.69. The topological polar surface area (TPSA) is 94.6 Å². The molecule has 0 aromatic heterocycles. The predicted octanol–water partition coefficient (Wildman–Crippen LogP) is 3.17. The summed E-state index contributed by atoms with van der Waals surface area (Å²) in [6.45, 7) is 3.71. The van der Waals surface area contributed by atoms with Gasteiger partial charge in [0.15, 0.2) is 0 Å². The maximum absolute atomic E-state index is 13.9. The maximum Gasteiger partial charge on any atom is 0.332 e. The average Bonchev–Trinajstić information content (AvgIpc) is 3.23. The predicted molar refractivity (Wildman–Crippen MR) is 121 cm³/mol. The van der Waals surface area contributed by atoms with E-state index in [1.807, 2.05) is 6.07 Å². The number of methoxy groups -OCH3 is 2.